The normalized spacial score (nSPS) is 13.3. The Morgan fingerprint density at radius 1 is 1.15 bits per heavy atom. The molecule has 0 saturated heterocycles. The first-order chi connectivity index (χ1) is 13.2. The van der Waals surface area contributed by atoms with Crippen LogP contribution in [0.2, 0.25) is 0 Å². The Labute approximate surface area is 158 Å². The van der Waals surface area contributed by atoms with Crippen LogP contribution < -0.4 is 10.1 Å². The fourth-order valence-corrected chi connectivity index (χ4v) is 3.53. The number of rotatable bonds is 4. The minimum Gasteiger partial charge on any atom is -0.497 e. The topological polar surface area (TPSA) is 63.3 Å². The van der Waals surface area contributed by atoms with Crippen LogP contribution in [0.15, 0.2) is 48.7 Å². The molecule has 0 amide bonds. The predicted molar refractivity (Wildman–Crippen MR) is 107 cm³/mol. The van der Waals surface area contributed by atoms with Crippen molar-refractivity contribution in [2.45, 2.75) is 13.3 Å². The molecule has 0 aliphatic carbocycles. The summed E-state index contributed by atoms with van der Waals surface area (Å²) < 4.78 is 10.6. The molecule has 0 radical (unpaired) electrons. The van der Waals surface area contributed by atoms with Gasteiger partial charge in [0.25, 0.3) is 0 Å². The van der Waals surface area contributed by atoms with E-state index in [4.69, 9.17) is 9.47 Å². The number of hydrogen-bond donors (Lipinski definition) is 2. The average molecular weight is 362 g/mol. The van der Waals surface area contributed by atoms with Crippen molar-refractivity contribution in [1.82, 2.24) is 10.3 Å². The van der Waals surface area contributed by atoms with Crippen LogP contribution >= 0.6 is 0 Å². The number of nitrogens with one attached hydrogen (secondary N) is 2. The van der Waals surface area contributed by atoms with Gasteiger partial charge in [-0.2, -0.15) is 0 Å². The van der Waals surface area contributed by atoms with Crippen LogP contribution in [0.4, 0.5) is 0 Å². The fourth-order valence-electron chi connectivity index (χ4n) is 3.53. The average Bonchev–Trinajstić information content (AvgIpc) is 2.92. The van der Waals surface area contributed by atoms with E-state index >= 15 is 0 Å². The van der Waals surface area contributed by atoms with Crippen LogP contribution in [0.1, 0.15) is 18.2 Å². The van der Waals surface area contributed by atoms with Gasteiger partial charge in [-0.05, 0) is 54.3 Å². The molecule has 0 spiro atoms. The van der Waals surface area contributed by atoms with Crippen LogP contribution in [0.5, 0.6) is 5.75 Å². The number of esters is 1. The number of methoxy groups -OCH3 is 1. The van der Waals surface area contributed by atoms with Crippen molar-refractivity contribution >= 4 is 22.4 Å². The minimum atomic E-state index is -0.312. The molecule has 5 heteroatoms. The van der Waals surface area contributed by atoms with Gasteiger partial charge in [-0.3, -0.25) is 0 Å². The highest BCUT2D eigenvalue weighted by molar-refractivity contribution is 6.17. The molecular weight excluding hydrogens is 340 g/mol. The lowest BCUT2D eigenvalue weighted by Crippen LogP contribution is -2.11. The molecule has 5 nitrogen and oxygen atoms in total. The Morgan fingerprint density at radius 2 is 2.00 bits per heavy atom. The van der Waals surface area contributed by atoms with Crippen molar-refractivity contribution in [1.29, 1.82) is 0 Å². The number of hydrogen-bond acceptors (Lipinski definition) is 4. The maximum absolute atomic E-state index is 12.4. The number of benzene rings is 2. The molecule has 1 aliphatic heterocycles. The third-order valence-corrected chi connectivity index (χ3v) is 4.84. The van der Waals surface area contributed by atoms with Crippen LogP contribution in [0.3, 0.4) is 0 Å². The van der Waals surface area contributed by atoms with Gasteiger partial charge in [0.2, 0.25) is 0 Å². The molecule has 2 N–H and O–H groups in total. The van der Waals surface area contributed by atoms with E-state index < -0.39 is 0 Å². The van der Waals surface area contributed by atoms with Gasteiger partial charge in [-0.25, -0.2) is 4.79 Å². The van der Waals surface area contributed by atoms with Crippen molar-refractivity contribution < 1.29 is 14.3 Å². The number of fused-ring (bicyclic) bond motifs is 3. The molecule has 0 bridgehead atoms. The summed E-state index contributed by atoms with van der Waals surface area (Å²) in [7, 11) is 1.67. The Balaban J connectivity index is 1.83. The number of H-pyrrole nitrogens is 1. The highest BCUT2D eigenvalue weighted by Gasteiger charge is 2.23. The van der Waals surface area contributed by atoms with Crippen molar-refractivity contribution in [3.8, 4) is 16.9 Å². The van der Waals surface area contributed by atoms with E-state index in [-0.39, 0.29) is 5.97 Å². The molecule has 2 aromatic carbocycles. The first kappa shape index (κ1) is 17.2. The molecule has 0 saturated carbocycles. The number of aromatic nitrogens is 1. The molecule has 3 aromatic rings. The molecule has 27 heavy (non-hydrogen) atoms. The summed E-state index contributed by atoms with van der Waals surface area (Å²) in [6.07, 6.45) is 2.58. The van der Waals surface area contributed by atoms with E-state index in [0.29, 0.717) is 12.2 Å². The standard InChI is InChI=1S/C22H22N2O3/c1-3-27-22(25)19-13-23-10-9-17-18-12-15(7-8-20(18)24-21(17)19)14-5-4-6-16(11-14)26-2/h4-8,11-13,23-24H,3,9-10H2,1-2H3. The third-order valence-electron chi connectivity index (χ3n) is 4.84. The summed E-state index contributed by atoms with van der Waals surface area (Å²) in [5.74, 6) is 0.518. The Kier molecular flexibility index (Phi) is 4.59. The van der Waals surface area contributed by atoms with E-state index in [2.05, 4.69) is 34.6 Å². The van der Waals surface area contributed by atoms with E-state index in [1.807, 2.05) is 25.1 Å². The first-order valence-corrected chi connectivity index (χ1v) is 9.11. The van der Waals surface area contributed by atoms with Crippen molar-refractivity contribution in [3.63, 3.8) is 0 Å². The first-order valence-electron chi connectivity index (χ1n) is 9.11. The number of carbonyl (C=O) groups excluding carboxylic acids is 1. The minimum absolute atomic E-state index is 0.312. The zero-order chi connectivity index (χ0) is 18.8. The second-order valence-electron chi connectivity index (χ2n) is 6.45. The molecule has 0 unspecified atom stereocenters. The smallest absolute Gasteiger partial charge is 0.341 e. The molecular formula is C22H22N2O3. The number of aromatic amines is 1. The maximum atomic E-state index is 12.4. The Bertz CT molecular complexity index is 1030. The van der Waals surface area contributed by atoms with E-state index in [9.17, 15) is 4.79 Å². The largest absolute Gasteiger partial charge is 0.497 e. The van der Waals surface area contributed by atoms with E-state index in [1.165, 1.54) is 0 Å². The van der Waals surface area contributed by atoms with Crippen LogP contribution in [0, 0.1) is 0 Å². The molecule has 0 fully saturated rings. The van der Waals surface area contributed by atoms with Crippen molar-refractivity contribution in [2.75, 3.05) is 20.3 Å². The summed E-state index contributed by atoms with van der Waals surface area (Å²) in [5, 5.41) is 4.33. The van der Waals surface area contributed by atoms with Crippen LogP contribution in [-0.4, -0.2) is 31.2 Å². The highest BCUT2D eigenvalue weighted by atomic mass is 16.5. The lowest BCUT2D eigenvalue weighted by Gasteiger charge is -2.06. The zero-order valence-electron chi connectivity index (χ0n) is 15.5. The van der Waals surface area contributed by atoms with Crippen LogP contribution in [0.25, 0.3) is 27.6 Å². The quantitative estimate of drug-likeness (QED) is 0.691. The molecule has 2 heterocycles. The fraction of sp³-hybridized carbons (Fsp3) is 0.227. The molecule has 1 aliphatic rings. The zero-order valence-corrected chi connectivity index (χ0v) is 15.5. The van der Waals surface area contributed by atoms with Crippen LogP contribution in [-0.2, 0) is 16.0 Å². The highest BCUT2D eigenvalue weighted by Crippen LogP contribution is 2.33. The number of carbonyl (C=O) groups is 1. The summed E-state index contributed by atoms with van der Waals surface area (Å²) in [5.41, 5.74) is 5.75. The summed E-state index contributed by atoms with van der Waals surface area (Å²) in [4.78, 5) is 15.8. The summed E-state index contributed by atoms with van der Waals surface area (Å²) in [6.45, 7) is 2.94. The van der Waals surface area contributed by atoms with Crippen molar-refractivity contribution in [2.24, 2.45) is 0 Å². The predicted octanol–water partition coefficient (Wildman–Crippen LogP) is 3.89. The second-order valence-corrected chi connectivity index (χ2v) is 6.45. The lowest BCUT2D eigenvalue weighted by atomic mass is 9.99. The van der Waals surface area contributed by atoms with Gasteiger partial charge in [0, 0.05) is 23.6 Å². The van der Waals surface area contributed by atoms with E-state index in [1.54, 1.807) is 13.3 Å². The summed E-state index contributed by atoms with van der Waals surface area (Å²) >= 11 is 0. The lowest BCUT2D eigenvalue weighted by molar-refractivity contribution is -0.136. The van der Waals surface area contributed by atoms with Gasteiger partial charge in [-0.1, -0.05) is 18.2 Å². The van der Waals surface area contributed by atoms with Gasteiger partial charge in [0.1, 0.15) is 5.75 Å². The second kappa shape index (κ2) is 7.19. The van der Waals surface area contributed by atoms with Gasteiger partial charge in [0.15, 0.2) is 0 Å². The van der Waals surface area contributed by atoms with Gasteiger partial charge in [-0.15, -0.1) is 0 Å². The molecule has 138 valence electrons. The maximum Gasteiger partial charge on any atom is 0.341 e. The molecule has 0 atom stereocenters. The Hall–Kier alpha value is -3.21. The van der Waals surface area contributed by atoms with Gasteiger partial charge in [0.05, 0.1) is 25.0 Å². The molecule has 4 rings (SSSR count). The van der Waals surface area contributed by atoms with Gasteiger partial charge < -0.3 is 19.8 Å². The van der Waals surface area contributed by atoms with Gasteiger partial charge >= 0.3 is 5.97 Å². The van der Waals surface area contributed by atoms with E-state index in [0.717, 1.165) is 52.0 Å². The summed E-state index contributed by atoms with van der Waals surface area (Å²) in [6, 6.07) is 14.3. The SMILES string of the molecule is CCOC(=O)C1=CNCCc2c1[nH]c1ccc(-c3cccc(OC)c3)cc21. The Morgan fingerprint density at radius 3 is 2.81 bits per heavy atom. The molecule has 1 aromatic heterocycles. The monoisotopic (exact) mass is 362 g/mol. The van der Waals surface area contributed by atoms with Crippen molar-refractivity contribution in [3.05, 3.63) is 59.9 Å². The third kappa shape index (κ3) is 3.16. The number of ether oxygens (including phenoxy) is 2.